The van der Waals surface area contributed by atoms with Crippen molar-refractivity contribution in [3.8, 4) is 5.75 Å². The summed E-state index contributed by atoms with van der Waals surface area (Å²) in [4.78, 5) is 0. The van der Waals surface area contributed by atoms with Crippen LogP contribution in [-0.2, 0) is 0 Å². The average Bonchev–Trinajstić information content (AvgIpc) is 2.50. The molecule has 0 aliphatic rings. The predicted octanol–water partition coefficient (Wildman–Crippen LogP) is 4.78. The van der Waals surface area contributed by atoms with Crippen molar-refractivity contribution in [2.24, 2.45) is 0 Å². The van der Waals surface area contributed by atoms with Crippen molar-refractivity contribution < 1.29 is 13.5 Å². The number of hydrogen-bond donors (Lipinski definition) is 1. The molecule has 0 saturated carbocycles. The molecule has 2 nitrogen and oxygen atoms in total. The summed E-state index contributed by atoms with van der Waals surface area (Å²) in [6, 6.07) is 11.0. The number of halogens is 2. The largest absolute Gasteiger partial charge is 0.494 e. The third kappa shape index (κ3) is 4.04. The Hall–Kier alpha value is -1.94. The molecule has 0 bridgehead atoms. The van der Waals surface area contributed by atoms with Gasteiger partial charge in [0.05, 0.1) is 6.61 Å². The van der Waals surface area contributed by atoms with Crippen LogP contribution in [0.25, 0.3) is 0 Å². The van der Waals surface area contributed by atoms with Gasteiger partial charge < -0.3 is 10.1 Å². The van der Waals surface area contributed by atoms with E-state index in [9.17, 15) is 8.78 Å². The van der Waals surface area contributed by atoms with Gasteiger partial charge in [-0.3, -0.25) is 0 Å². The number of rotatable bonds is 6. The number of benzene rings is 2. The van der Waals surface area contributed by atoms with Crippen LogP contribution in [0.4, 0.5) is 8.78 Å². The molecule has 0 saturated heterocycles. The minimum Gasteiger partial charge on any atom is -0.494 e. The van der Waals surface area contributed by atoms with Gasteiger partial charge in [0.15, 0.2) is 0 Å². The molecule has 2 rings (SSSR count). The zero-order valence-corrected chi connectivity index (χ0v) is 13.1. The van der Waals surface area contributed by atoms with E-state index in [4.69, 9.17) is 4.74 Å². The van der Waals surface area contributed by atoms with Crippen molar-refractivity contribution >= 4 is 0 Å². The summed E-state index contributed by atoms with van der Waals surface area (Å²) in [5, 5.41) is 3.28. The fourth-order valence-corrected chi connectivity index (χ4v) is 2.43. The van der Waals surface area contributed by atoms with Gasteiger partial charge in [0.1, 0.15) is 17.4 Å². The number of hydrogen-bond acceptors (Lipinski definition) is 2. The summed E-state index contributed by atoms with van der Waals surface area (Å²) >= 11 is 0. The fraction of sp³-hybridized carbons (Fsp3) is 0.333. The second-order valence-corrected chi connectivity index (χ2v) is 5.28. The average molecular weight is 305 g/mol. The van der Waals surface area contributed by atoms with Gasteiger partial charge in [-0.05, 0) is 56.7 Å². The first kappa shape index (κ1) is 16.4. The summed E-state index contributed by atoms with van der Waals surface area (Å²) in [6.45, 7) is 6.38. The molecule has 4 heteroatoms. The van der Waals surface area contributed by atoms with Crippen LogP contribution in [-0.4, -0.2) is 6.61 Å². The van der Waals surface area contributed by atoms with Crippen LogP contribution in [0.5, 0.6) is 5.75 Å². The lowest BCUT2D eigenvalue weighted by atomic mass is 10.0. The first-order valence-corrected chi connectivity index (χ1v) is 7.45. The third-order valence-electron chi connectivity index (χ3n) is 3.62. The monoisotopic (exact) mass is 305 g/mol. The molecule has 0 heterocycles. The Bertz CT molecular complexity index is 613. The van der Waals surface area contributed by atoms with Crippen LogP contribution in [0.15, 0.2) is 42.5 Å². The molecule has 0 fully saturated rings. The molecule has 2 unspecified atom stereocenters. The van der Waals surface area contributed by atoms with E-state index in [1.54, 1.807) is 0 Å². The normalized spacial score (nSPS) is 13.7. The molecular weight excluding hydrogens is 284 g/mol. The van der Waals surface area contributed by atoms with E-state index in [2.05, 4.69) is 5.32 Å². The lowest BCUT2D eigenvalue weighted by Gasteiger charge is -2.21. The Morgan fingerprint density at radius 1 is 1.00 bits per heavy atom. The van der Waals surface area contributed by atoms with Crippen molar-refractivity contribution in [2.75, 3.05) is 6.61 Å². The first-order chi connectivity index (χ1) is 10.5. The highest BCUT2D eigenvalue weighted by Gasteiger charge is 2.15. The number of ether oxygens (including phenoxy) is 1. The van der Waals surface area contributed by atoms with Crippen LogP contribution < -0.4 is 10.1 Å². The molecule has 2 atom stereocenters. The van der Waals surface area contributed by atoms with E-state index in [0.29, 0.717) is 12.2 Å². The van der Waals surface area contributed by atoms with E-state index in [0.717, 1.165) is 23.4 Å². The van der Waals surface area contributed by atoms with E-state index < -0.39 is 11.6 Å². The van der Waals surface area contributed by atoms with Crippen LogP contribution in [0.3, 0.4) is 0 Å². The maximum Gasteiger partial charge on any atom is 0.128 e. The second kappa shape index (κ2) is 7.36. The van der Waals surface area contributed by atoms with Crippen molar-refractivity contribution in [2.45, 2.75) is 32.9 Å². The molecule has 0 spiro atoms. The molecule has 118 valence electrons. The zero-order chi connectivity index (χ0) is 16.1. The van der Waals surface area contributed by atoms with Crippen molar-refractivity contribution in [1.29, 1.82) is 0 Å². The predicted molar refractivity (Wildman–Crippen MR) is 83.9 cm³/mol. The minimum atomic E-state index is -0.432. The fourth-order valence-electron chi connectivity index (χ4n) is 2.43. The van der Waals surface area contributed by atoms with Crippen molar-refractivity contribution in [1.82, 2.24) is 5.32 Å². The van der Waals surface area contributed by atoms with Crippen molar-refractivity contribution in [3.63, 3.8) is 0 Å². The van der Waals surface area contributed by atoms with E-state index in [1.165, 1.54) is 6.07 Å². The number of nitrogens with one attached hydrogen (secondary N) is 1. The highest BCUT2D eigenvalue weighted by atomic mass is 19.1. The second-order valence-electron chi connectivity index (χ2n) is 5.28. The van der Waals surface area contributed by atoms with Gasteiger partial charge in [-0.1, -0.05) is 12.1 Å². The van der Waals surface area contributed by atoms with E-state index in [1.807, 2.05) is 45.0 Å². The molecule has 1 N–H and O–H groups in total. The topological polar surface area (TPSA) is 21.3 Å². The van der Waals surface area contributed by atoms with Crippen LogP contribution >= 0.6 is 0 Å². The smallest absolute Gasteiger partial charge is 0.128 e. The lowest BCUT2D eigenvalue weighted by molar-refractivity contribution is 0.340. The SMILES string of the molecule is CCOc1ccc(C(C)NC(C)c2cc(F)ccc2F)cc1. The summed E-state index contributed by atoms with van der Waals surface area (Å²) in [5.41, 5.74) is 1.39. The summed E-state index contributed by atoms with van der Waals surface area (Å²) in [5.74, 6) is -0.0123. The first-order valence-electron chi connectivity index (χ1n) is 7.45. The molecule has 0 radical (unpaired) electrons. The van der Waals surface area contributed by atoms with Crippen LogP contribution in [0.2, 0.25) is 0 Å². The summed E-state index contributed by atoms with van der Waals surface area (Å²) < 4.78 is 32.5. The molecule has 2 aromatic carbocycles. The van der Waals surface area contributed by atoms with Gasteiger partial charge in [0, 0.05) is 17.6 Å². The molecule has 0 aliphatic heterocycles. The van der Waals surface area contributed by atoms with Crippen LogP contribution in [0, 0.1) is 11.6 Å². The summed E-state index contributed by atoms with van der Waals surface area (Å²) in [7, 11) is 0. The maximum absolute atomic E-state index is 13.8. The van der Waals surface area contributed by atoms with E-state index in [-0.39, 0.29) is 12.1 Å². The Kier molecular flexibility index (Phi) is 5.50. The third-order valence-corrected chi connectivity index (χ3v) is 3.62. The van der Waals surface area contributed by atoms with Gasteiger partial charge in [0.25, 0.3) is 0 Å². The lowest BCUT2D eigenvalue weighted by Crippen LogP contribution is -2.23. The molecular formula is C18H21F2NO. The quantitative estimate of drug-likeness (QED) is 0.829. The molecule has 2 aromatic rings. The Morgan fingerprint density at radius 3 is 2.32 bits per heavy atom. The standard InChI is InChI=1S/C18H21F2NO/c1-4-22-16-8-5-14(6-9-16)12(2)21-13(3)17-11-15(19)7-10-18(17)20/h5-13,21H,4H2,1-3H3. The van der Waals surface area contributed by atoms with E-state index >= 15 is 0 Å². The zero-order valence-electron chi connectivity index (χ0n) is 13.1. The molecule has 0 aromatic heterocycles. The van der Waals surface area contributed by atoms with Gasteiger partial charge in [-0.15, -0.1) is 0 Å². The van der Waals surface area contributed by atoms with Gasteiger partial charge >= 0.3 is 0 Å². The minimum absolute atomic E-state index is 0.00773. The Balaban J connectivity index is 2.07. The highest BCUT2D eigenvalue weighted by Crippen LogP contribution is 2.23. The Morgan fingerprint density at radius 2 is 1.68 bits per heavy atom. The summed E-state index contributed by atoms with van der Waals surface area (Å²) in [6.07, 6.45) is 0. The molecule has 0 aliphatic carbocycles. The van der Waals surface area contributed by atoms with Crippen LogP contribution in [0.1, 0.15) is 44.0 Å². The molecule has 0 amide bonds. The van der Waals surface area contributed by atoms with Gasteiger partial charge in [0.2, 0.25) is 0 Å². The van der Waals surface area contributed by atoms with Gasteiger partial charge in [-0.25, -0.2) is 8.78 Å². The highest BCUT2D eigenvalue weighted by molar-refractivity contribution is 5.29. The maximum atomic E-state index is 13.8. The Labute approximate surface area is 130 Å². The van der Waals surface area contributed by atoms with Gasteiger partial charge in [-0.2, -0.15) is 0 Å². The van der Waals surface area contributed by atoms with Crippen molar-refractivity contribution in [3.05, 3.63) is 65.2 Å². The molecule has 22 heavy (non-hydrogen) atoms.